The molecular formula is C21H24ClIN2O3. The predicted molar refractivity (Wildman–Crippen MR) is 119 cm³/mol. The molecule has 2 amide bonds. The van der Waals surface area contributed by atoms with Crippen LogP contribution in [0.4, 0.5) is 0 Å². The molecule has 0 saturated heterocycles. The molecule has 1 N–H and O–H groups in total. The lowest BCUT2D eigenvalue weighted by Crippen LogP contribution is -2.50. The molecule has 0 heterocycles. The molecule has 0 fully saturated rings. The number of halogens is 2. The van der Waals surface area contributed by atoms with Crippen LogP contribution in [0.5, 0.6) is 5.75 Å². The first-order valence-corrected chi connectivity index (χ1v) is 10.4. The van der Waals surface area contributed by atoms with Gasteiger partial charge in [-0.2, -0.15) is 0 Å². The Morgan fingerprint density at radius 3 is 2.36 bits per heavy atom. The van der Waals surface area contributed by atoms with E-state index in [1.807, 2.05) is 56.3 Å². The summed E-state index contributed by atoms with van der Waals surface area (Å²) in [5, 5.41) is 3.40. The predicted octanol–water partition coefficient (Wildman–Crippen LogP) is 4.27. The summed E-state index contributed by atoms with van der Waals surface area (Å²) in [6.07, 6.45) is 0. The summed E-state index contributed by atoms with van der Waals surface area (Å²) in [6.45, 7) is 5.53. The highest BCUT2D eigenvalue weighted by molar-refractivity contribution is 14.1. The van der Waals surface area contributed by atoms with E-state index in [1.54, 1.807) is 13.0 Å². The van der Waals surface area contributed by atoms with Gasteiger partial charge in [-0.1, -0.05) is 29.8 Å². The molecule has 5 nitrogen and oxygen atoms in total. The van der Waals surface area contributed by atoms with Crippen LogP contribution in [-0.4, -0.2) is 35.4 Å². The Labute approximate surface area is 184 Å². The first-order valence-electron chi connectivity index (χ1n) is 8.99. The maximum absolute atomic E-state index is 12.9. The van der Waals surface area contributed by atoms with Gasteiger partial charge in [-0.05, 0) is 79.3 Å². The standard InChI is InChI=1S/C21H24ClIN2O3/c1-14(2)24-21(27)15(3)25(12-16-6-4-5-7-19(16)22)20(26)13-28-18-10-8-17(23)9-11-18/h4-11,14-15H,12-13H2,1-3H3,(H,24,27)/t15-/m0/s1. The molecule has 7 heteroatoms. The molecule has 0 unspecified atom stereocenters. The number of carbonyl (C=O) groups is 2. The first kappa shape index (κ1) is 22.5. The largest absolute Gasteiger partial charge is 0.484 e. The van der Waals surface area contributed by atoms with E-state index in [4.69, 9.17) is 16.3 Å². The van der Waals surface area contributed by atoms with E-state index >= 15 is 0 Å². The van der Waals surface area contributed by atoms with Gasteiger partial charge in [0.05, 0.1) is 0 Å². The van der Waals surface area contributed by atoms with Crippen molar-refractivity contribution in [2.24, 2.45) is 0 Å². The van der Waals surface area contributed by atoms with Crippen molar-refractivity contribution in [3.63, 3.8) is 0 Å². The van der Waals surface area contributed by atoms with Gasteiger partial charge < -0.3 is 15.0 Å². The molecule has 2 rings (SSSR count). The van der Waals surface area contributed by atoms with E-state index in [0.717, 1.165) is 9.13 Å². The van der Waals surface area contributed by atoms with Gasteiger partial charge >= 0.3 is 0 Å². The number of hydrogen-bond acceptors (Lipinski definition) is 3. The van der Waals surface area contributed by atoms with Crippen molar-refractivity contribution >= 4 is 46.0 Å². The summed E-state index contributed by atoms with van der Waals surface area (Å²) in [5.74, 6) is 0.0975. The van der Waals surface area contributed by atoms with Gasteiger partial charge in [-0.15, -0.1) is 0 Å². The van der Waals surface area contributed by atoms with E-state index in [0.29, 0.717) is 10.8 Å². The van der Waals surface area contributed by atoms with Crippen LogP contribution >= 0.6 is 34.2 Å². The fraction of sp³-hybridized carbons (Fsp3) is 0.333. The van der Waals surface area contributed by atoms with Crippen LogP contribution in [0.2, 0.25) is 5.02 Å². The van der Waals surface area contributed by atoms with Crippen LogP contribution in [0.3, 0.4) is 0 Å². The van der Waals surface area contributed by atoms with E-state index in [2.05, 4.69) is 27.9 Å². The SMILES string of the molecule is CC(C)NC(=O)[C@H](C)N(Cc1ccccc1Cl)C(=O)COc1ccc(I)cc1. The molecule has 0 aliphatic heterocycles. The molecule has 150 valence electrons. The number of benzene rings is 2. The van der Waals surface area contributed by atoms with Gasteiger partial charge in [0.1, 0.15) is 11.8 Å². The zero-order chi connectivity index (χ0) is 20.7. The summed E-state index contributed by atoms with van der Waals surface area (Å²) in [5.41, 5.74) is 0.774. The van der Waals surface area contributed by atoms with Gasteiger partial charge in [-0.3, -0.25) is 9.59 Å². The van der Waals surface area contributed by atoms with Crippen molar-refractivity contribution in [1.29, 1.82) is 0 Å². The zero-order valence-corrected chi connectivity index (χ0v) is 19.0. The topological polar surface area (TPSA) is 58.6 Å². The van der Waals surface area contributed by atoms with Crippen molar-refractivity contribution in [3.8, 4) is 5.75 Å². The minimum Gasteiger partial charge on any atom is -0.484 e. The smallest absolute Gasteiger partial charge is 0.261 e. The molecule has 0 aromatic heterocycles. The Kier molecular flexibility index (Phi) is 8.57. The Morgan fingerprint density at radius 1 is 1.11 bits per heavy atom. The van der Waals surface area contributed by atoms with Crippen molar-refractivity contribution in [3.05, 3.63) is 62.7 Å². The van der Waals surface area contributed by atoms with Crippen LogP contribution in [0.1, 0.15) is 26.3 Å². The van der Waals surface area contributed by atoms with Gasteiger partial charge in [-0.25, -0.2) is 0 Å². The summed E-state index contributed by atoms with van der Waals surface area (Å²) in [7, 11) is 0. The Bertz CT molecular complexity index is 812. The third-order valence-corrected chi connectivity index (χ3v) is 5.16. The molecular weight excluding hydrogens is 491 g/mol. The normalized spacial score (nSPS) is 11.8. The summed E-state index contributed by atoms with van der Waals surface area (Å²) in [6, 6.07) is 14.0. The highest BCUT2D eigenvalue weighted by atomic mass is 127. The van der Waals surface area contributed by atoms with Crippen LogP contribution in [0.25, 0.3) is 0 Å². The molecule has 2 aromatic carbocycles. The number of amides is 2. The second kappa shape index (κ2) is 10.7. The third kappa shape index (κ3) is 6.67. The minimum atomic E-state index is -0.661. The maximum atomic E-state index is 12.9. The maximum Gasteiger partial charge on any atom is 0.261 e. The average molecular weight is 515 g/mol. The van der Waals surface area contributed by atoms with Crippen LogP contribution in [-0.2, 0) is 16.1 Å². The Balaban J connectivity index is 2.15. The molecule has 2 aromatic rings. The molecule has 0 radical (unpaired) electrons. The summed E-state index contributed by atoms with van der Waals surface area (Å²) < 4.78 is 6.70. The lowest BCUT2D eigenvalue weighted by molar-refractivity contribution is -0.142. The van der Waals surface area contributed by atoms with E-state index in [-0.39, 0.29) is 31.0 Å². The molecule has 0 aliphatic rings. The van der Waals surface area contributed by atoms with Crippen molar-refractivity contribution < 1.29 is 14.3 Å². The van der Waals surface area contributed by atoms with Crippen LogP contribution in [0, 0.1) is 3.57 Å². The average Bonchev–Trinajstić information content (AvgIpc) is 2.65. The first-order chi connectivity index (χ1) is 13.3. The molecule has 28 heavy (non-hydrogen) atoms. The Morgan fingerprint density at radius 2 is 1.75 bits per heavy atom. The van der Waals surface area contributed by atoms with E-state index in [9.17, 15) is 9.59 Å². The van der Waals surface area contributed by atoms with Gasteiger partial charge in [0.2, 0.25) is 5.91 Å². The molecule has 1 atom stereocenters. The quantitative estimate of drug-likeness (QED) is 0.536. The third-order valence-electron chi connectivity index (χ3n) is 4.07. The van der Waals surface area contributed by atoms with Crippen LogP contribution in [0.15, 0.2) is 48.5 Å². The van der Waals surface area contributed by atoms with Crippen molar-refractivity contribution in [1.82, 2.24) is 10.2 Å². The summed E-state index contributed by atoms with van der Waals surface area (Å²) in [4.78, 5) is 26.9. The van der Waals surface area contributed by atoms with Crippen molar-refractivity contribution in [2.45, 2.75) is 39.4 Å². The fourth-order valence-corrected chi connectivity index (χ4v) is 3.11. The van der Waals surface area contributed by atoms with Crippen LogP contribution < -0.4 is 10.1 Å². The van der Waals surface area contributed by atoms with Crippen molar-refractivity contribution in [2.75, 3.05) is 6.61 Å². The second-order valence-electron chi connectivity index (χ2n) is 6.69. The Hall–Kier alpha value is -1.80. The number of carbonyl (C=O) groups excluding carboxylic acids is 2. The lowest BCUT2D eigenvalue weighted by Gasteiger charge is -2.29. The van der Waals surface area contributed by atoms with Gasteiger partial charge in [0.25, 0.3) is 5.91 Å². The molecule has 0 bridgehead atoms. The lowest BCUT2D eigenvalue weighted by atomic mass is 10.1. The highest BCUT2D eigenvalue weighted by Crippen LogP contribution is 2.19. The number of nitrogens with one attached hydrogen (secondary N) is 1. The fourth-order valence-electron chi connectivity index (χ4n) is 2.56. The number of rotatable bonds is 8. The van der Waals surface area contributed by atoms with E-state index in [1.165, 1.54) is 4.90 Å². The number of nitrogens with zero attached hydrogens (tertiary/aromatic N) is 1. The molecule has 0 saturated carbocycles. The minimum absolute atomic E-state index is 0.0183. The summed E-state index contributed by atoms with van der Waals surface area (Å²) >= 11 is 8.46. The molecule has 0 spiro atoms. The highest BCUT2D eigenvalue weighted by Gasteiger charge is 2.27. The monoisotopic (exact) mass is 514 g/mol. The number of hydrogen-bond donors (Lipinski definition) is 1. The van der Waals surface area contributed by atoms with Gasteiger partial charge in [0.15, 0.2) is 6.61 Å². The van der Waals surface area contributed by atoms with Gasteiger partial charge in [0, 0.05) is 21.2 Å². The zero-order valence-electron chi connectivity index (χ0n) is 16.1. The van der Waals surface area contributed by atoms with E-state index < -0.39 is 6.04 Å². The number of ether oxygens (including phenoxy) is 1. The molecule has 0 aliphatic carbocycles. The second-order valence-corrected chi connectivity index (χ2v) is 8.35.